The van der Waals surface area contributed by atoms with Gasteiger partial charge in [-0.1, -0.05) is 13.3 Å². The number of rotatable bonds is 10. The second-order valence-corrected chi connectivity index (χ2v) is 14.8. The number of carbonyl (C=O) groups excluding carboxylic acids is 3. The molecule has 3 rings (SSSR count). The molecule has 0 spiro atoms. The standard InChI is InChI=1S/C29H52N4O8S/c1-6-7-20-42(37,38)31-29(25(34)39-5)14-8-23(9-15-29)30-26(35)32-18-12-24(13-19-32)40-21-22-10-16-33(17-11-22)27(36)41-28(2,3)4/h22-24,31H,6-21H2,1-5H3,(H,30,35)/t23-,29+. The van der Waals surface area contributed by atoms with Crippen LogP contribution in [-0.2, 0) is 29.0 Å². The normalized spacial score (nSPS) is 24.7. The Bertz CT molecular complexity index is 1010. The number of hydrogen-bond donors (Lipinski definition) is 2. The lowest BCUT2D eigenvalue weighted by Gasteiger charge is -2.39. The number of sulfonamides is 1. The summed E-state index contributed by atoms with van der Waals surface area (Å²) in [6.45, 7) is 10.7. The summed E-state index contributed by atoms with van der Waals surface area (Å²) in [5, 5.41) is 3.08. The fourth-order valence-corrected chi connectivity index (χ4v) is 7.51. The minimum Gasteiger partial charge on any atom is -0.468 e. The second kappa shape index (κ2) is 15.1. The van der Waals surface area contributed by atoms with Crippen LogP contribution in [0.4, 0.5) is 9.59 Å². The summed E-state index contributed by atoms with van der Waals surface area (Å²) in [6.07, 6.45) is 5.89. The lowest BCUT2D eigenvalue weighted by molar-refractivity contribution is -0.149. The van der Waals surface area contributed by atoms with E-state index in [0.29, 0.717) is 58.0 Å². The molecule has 2 heterocycles. The zero-order valence-electron chi connectivity index (χ0n) is 26.1. The van der Waals surface area contributed by atoms with Crippen LogP contribution in [0.5, 0.6) is 0 Å². The first-order chi connectivity index (χ1) is 19.8. The fraction of sp³-hybridized carbons (Fsp3) is 0.897. The molecule has 0 bridgehead atoms. The SMILES string of the molecule is CCCCS(=O)(=O)N[C@]1(C(=O)OC)CC[C@H](NC(=O)N2CCC(OCC3CCN(C(=O)OC(C)(C)C)CC3)CC2)CC1. The van der Waals surface area contributed by atoms with Crippen LogP contribution < -0.4 is 10.0 Å². The summed E-state index contributed by atoms with van der Waals surface area (Å²) in [7, 11) is -2.36. The molecule has 3 aliphatic rings. The zero-order chi connectivity index (χ0) is 31.0. The van der Waals surface area contributed by atoms with Crippen LogP contribution in [0.3, 0.4) is 0 Å². The maximum Gasteiger partial charge on any atom is 0.410 e. The van der Waals surface area contributed by atoms with E-state index < -0.39 is 27.1 Å². The Balaban J connectivity index is 1.37. The molecule has 3 fully saturated rings. The molecule has 0 aromatic carbocycles. The highest BCUT2D eigenvalue weighted by Gasteiger charge is 2.46. The maximum absolute atomic E-state index is 13.0. The number of likely N-dealkylation sites (tertiary alicyclic amines) is 2. The molecule has 12 nitrogen and oxygen atoms in total. The van der Waals surface area contributed by atoms with E-state index in [1.165, 1.54) is 7.11 Å². The van der Waals surface area contributed by atoms with Crippen molar-refractivity contribution in [3.63, 3.8) is 0 Å². The quantitative estimate of drug-likeness (QED) is 0.356. The number of urea groups is 1. The highest BCUT2D eigenvalue weighted by molar-refractivity contribution is 7.89. The van der Waals surface area contributed by atoms with Crippen molar-refractivity contribution in [1.82, 2.24) is 19.8 Å². The first-order valence-corrected chi connectivity index (χ1v) is 17.2. The molecule has 242 valence electrons. The van der Waals surface area contributed by atoms with Crippen LogP contribution >= 0.6 is 0 Å². The first kappa shape index (κ1) is 34.4. The van der Waals surface area contributed by atoms with Gasteiger partial charge in [0.1, 0.15) is 11.1 Å². The van der Waals surface area contributed by atoms with Crippen LogP contribution in [0, 0.1) is 5.92 Å². The molecule has 0 radical (unpaired) electrons. The first-order valence-electron chi connectivity index (χ1n) is 15.5. The van der Waals surface area contributed by atoms with E-state index in [0.717, 1.165) is 32.1 Å². The molecule has 0 aromatic rings. The summed E-state index contributed by atoms with van der Waals surface area (Å²) >= 11 is 0. The molecule has 2 saturated heterocycles. The summed E-state index contributed by atoms with van der Waals surface area (Å²) in [5.41, 5.74) is -1.78. The number of nitrogens with one attached hydrogen (secondary N) is 2. The third-order valence-corrected chi connectivity index (χ3v) is 9.95. The van der Waals surface area contributed by atoms with Gasteiger partial charge in [-0.25, -0.2) is 18.0 Å². The van der Waals surface area contributed by atoms with Crippen molar-refractivity contribution in [3.8, 4) is 0 Å². The van der Waals surface area contributed by atoms with Crippen LogP contribution in [0.1, 0.15) is 91.9 Å². The fourth-order valence-electron chi connectivity index (χ4n) is 5.85. The Morgan fingerprint density at radius 3 is 2.07 bits per heavy atom. The molecule has 13 heteroatoms. The average molecular weight is 617 g/mol. The van der Waals surface area contributed by atoms with Crippen molar-refractivity contribution in [2.45, 2.75) is 115 Å². The van der Waals surface area contributed by atoms with Gasteiger partial charge < -0.3 is 29.3 Å². The van der Waals surface area contributed by atoms with E-state index in [-0.39, 0.29) is 42.9 Å². The van der Waals surface area contributed by atoms with E-state index in [2.05, 4.69) is 10.0 Å². The number of methoxy groups -OCH3 is 1. The maximum atomic E-state index is 13.0. The van der Waals surface area contributed by atoms with E-state index in [4.69, 9.17) is 14.2 Å². The highest BCUT2D eigenvalue weighted by Crippen LogP contribution is 2.31. The third kappa shape index (κ3) is 10.3. The van der Waals surface area contributed by atoms with Gasteiger partial charge in [-0.15, -0.1) is 0 Å². The number of ether oxygens (including phenoxy) is 3. The summed E-state index contributed by atoms with van der Waals surface area (Å²) in [6, 6.07) is -0.280. The third-order valence-electron chi connectivity index (χ3n) is 8.42. The predicted octanol–water partition coefficient (Wildman–Crippen LogP) is 3.40. The van der Waals surface area contributed by atoms with Crippen molar-refractivity contribution < 1.29 is 37.0 Å². The van der Waals surface area contributed by atoms with Crippen LogP contribution in [-0.4, -0.2) is 105 Å². The lowest BCUT2D eigenvalue weighted by atomic mass is 9.80. The van der Waals surface area contributed by atoms with Crippen molar-refractivity contribution >= 4 is 28.1 Å². The van der Waals surface area contributed by atoms with Gasteiger partial charge in [0.2, 0.25) is 10.0 Å². The summed E-state index contributed by atoms with van der Waals surface area (Å²) in [4.78, 5) is 41.4. The molecule has 1 aliphatic carbocycles. The van der Waals surface area contributed by atoms with Crippen LogP contribution in [0.15, 0.2) is 0 Å². The summed E-state index contributed by atoms with van der Waals surface area (Å²) < 4.78 is 44.4. The highest BCUT2D eigenvalue weighted by atomic mass is 32.2. The Morgan fingerprint density at radius 2 is 1.52 bits per heavy atom. The van der Waals surface area contributed by atoms with Gasteiger partial charge in [0.05, 0.1) is 19.0 Å². The van der Waals surface area contributed by atoms with Gasteiger partial charge in [0.25, 0.3) is 0 Å². The van der Waals surface area contributed by atoms with Crippen LogP contribution in [0.25, 0.3) is 0 Å². The van der Waals surface area contributed by atoms with E-state index >= 15 is 0 Å². The second-order valence-electron chi connectivity index (χ2n) is 13.0. The number of carbonyl (C=O) groups is 3. The Morgan fingerprint density at radius 1 is 0.929 bits per heavy atom. The predicted molar refractivity (Wildman–Crippen MR) is 158 cm³/mol. The summed E-state index contributed by atoms with van der Waals surface area (Å²) in [5.74, 6) is -0.206. The van der Waals surface area contributed by atoms with Gasteiger partial charge in [-0.2, -0.15) is 4.72 Å². The van der Waals surface area contributed by atoms with E-state index in [1.54, 1.807) is 9.80 Å². The molecule has 3 amide bonds. The monoisotopic (exact) mass is 616 g/mol. The van der Waals surface area contributed by atoms with Gasteiger partial charge in [-0.3, -0.25) is 4.79 Å². The molecule has 1 saturated carbocycles. The largest absolute Gasteiger partial charge is 0.468 e. The molecular formula is C29H52N4O8S. The van der Waals surface area contributed by atoms with E-state index in [1.807, 2.05) is 27.7 Å². The van der Waals surface area contributed by atoms with Gasteiger partial charge in [-0.05, 0) is 84.5 Å². The molecule has 0 aromatic heterocycles. The number of nitrogens with zero attached hydrogens (tertiary/aromatic N) is 2. The molecular weight excluding hydrogens is 564 g/mol. The Hall–Kier alpha value is -2.12. The van der Waals surface area contributed by atoms with Gasteiger partial charge in [0, 0.05) is 38.8 Å². The van der Waals surface area contributed by atoms with Crippen molar-refractivity contribution in [1.29, 1.82) is 0 Å². The molecule has 0 unspecified atom stereocenters. The molecule has 2 N–H and O–H groups in total. The van der Waals surface area contributed by atoms with Gasteiger partial charge in [0.15, 0.2) is 0 Å². The number of hydrogen-bond acceptors (Lipinski definition) is 8. The van der Waals surface area contributed by atoms with Crippen molar-refractivity contribution in [3.05, 3.63) is 0 Å². The minimum absolute atomic E-state index is 0.0323. The number of piperidine rings is 2. The number of esters is 1. The number of unbranched alkanes of at least 4 members (excludes halogenated alkanes) is 1. The Kier molecular flexibility index (Phi) is 12.3. The number of amides is 3. The molecule has 2 aliphatic heterocycles. The smallest absolute Gasteiger partial charge is 0.410 e. The van der Waals surface area contributed by atoms with Crippen molar-refractivity contribution in [2.24, 2.45) is 5.92 Å². The zero-order valence-corrected chi connectivity index (χ0v) is 26.9. The van der Waals surface area contributed by atoms with Crippen molar-refractivity contribution in [2.75, 3.05) is 45.6 Å². The minimum atomic E-state index is -3.62. The topological polar surface area (TPSA) is 144 Å². The Labute approximate surface area is 251 Å². The van der Waals surface area contributed by atoms with Crippen LogP contribution in [0.2, 0.25) is 0 Å². The lowest BCUT2D eigenvalue weighted by Crippen LogP contribution is -2.59. The average Bonchev–Trinajstić information content (AvgIpc) is 2.95. The van der Waals surface area contributed by atoms with Gasteiger partial charge >= 0.3 is 18.1 Å². The molecule has 42 heavy (non-hydrogen) atoms. The molecule has 0 atom stereocenters. The van der Waals surface area contributed by atoms with E-state index in [9.17, 15) is 22.8 Å².